The average molecular weight is 258 g/mol. The first kappa shape index (κ1) is 13.7. The summed E-state index contributed by atoms with van der Waals surface area (Å²) in [5.41, 5.74) is 6.11. The van der Waals surface area contributed by atoms with Crippen molar-refractivity contribution in [1.82, 2.24) is 5.43 Å². The predicted octanol–water partition coefficient (Wildman–Crippen LogP) is 3.25. The van der Waals surface area contributed by atoms with E-state index in [9.17, 15) is 4.39 Å². The van der Waals surface area contributed by atoms with Crippen molar-refractivity contribution >= 4 is 0 Å². The molecule has 2 aromatic rings. The van der Waals surface area contributed by atoms with Crippen LogP contribution in [-0.2, 0) is 6.42 Å². The molecular weight excluding hydrogens is 239 g/mol. The Hall–Kier alpha value is -1.71. The van der Waals surface area contributed by atoms with Crippen LogP contribution < -0.4 is 11.3 Å². The highest BCUT2D eigenvalue weighted by atomic mass is 19.1. The molecule has 2 rings (SSSR count). The lowest BCUT2D eigenvalue weighted by atomic mass is 9.95. The van der Waals surface area contributed by atoms with Gasteiger partial charge in [-0.2, -0.15) is 0 Å². The Morgan fingerprint density at radius 1 is 1.21 bits per heavy atom. The van der Waals surface area contributed by atoms with Gasteiger partial charge in [0, 0.05) is 5.56 Å². The summed E-state index contributed by atoms with van der Waals surface area (Å²) in [6.07, 6.45) is 0.946. The van der Waals surface area contributed by atoms with Gasteiger partial charge in [-0.3, -0.25) is 5.84 Å². The number of hydrogen-bond donors (Lipinski definition) is 2. The molecule has 0 fully saturated rings. The Bertz CT molecular complexity index is 566. The van der Waals surface area contributed by atoms with E-state index in [-0.39, 0.29) is 11.9 Å². The maximum absolute atomic E-state index is 14.2. The van der Waals surface area contributed by atoms with E-state index in [4.69, 9.17) is 5.84 Å². The van der Waals surface area contributed by atoms with Crippen LogP contribution in [0.25, 0.3) is 0 Å². The lowest BCUT2D eigenvalue weighted by molar-refractivity contribution is 0.554. The van der Waals surface area contributed by atoms with Gasteiger partial charge >= 0.3 is 0 Å². The fourth-order valence-corrected chi connectivity index (χ4v) is 2.25. The van der Waals surface area contributed by atoms with Crippen molar-refractivity contribution in [1.29, 1.82) is 0 Å². The van der Waals surface area contributed by atoms with E-state index < -0.39 is 0 Å². The van der Waals surface area contributed by atoms with E-state index in [1.807, 2.05) is 18.2 Å². The van der Waals surface area contributed by atoms with E-state index in [0.717, 1.165) is 12.0 Å². The minimum absolute atomic E-state index is 0.202. The maximum atomic E-state index is 14.2. The second kappa shape index (κ2) is 5.95. The van der Waals surface area contributed by atoms with E-state index in [0.29, 0.717) is 11.1 Å². The van der Waals surface area contributed by atoms with Crippen molar-refractivity contribution in [2.24, 2.45) is 5.84 Å². The van der Waals surface area contributed by atoms with Gasteiger partial charge in [-0.25, -0.2) is 9.82 Å². The molecule has 0 aliphatic rings. The molecule has 2 aromatic carbocycles. The second-order valence-corrected chi connectivity index (χ2v) is 4.68. The SMILES string of the molecule is CCc1cccc(C(NN)c2cccc(C)c2F)c1. The van der Waals surface area contributed by atoms with Crippen molar-refractivity contribution in [3.8, 4) is 0 Å². The average Bonchev–Trinajstić information content (AvgIpc) is 2.44. The number of rotatable bonds is 4. The van der Waals surface area contributed by atoms with E-state index >= 15 is 0 Å². The highest BCUT2D eigenvalue weighted by Gasteiger charge is 2.17. The smallest absolute Gasteiger partial charge is 0.131 e. The van der Waals surface area contributed by atoms with Crippen molar-refractivity contribution in [3.63, 3.8) is 0 Å². The van der Waals surface area contributed by atoms with Gasteiger partial charge in [0.2, 0.25) is 0 Å². The van der Waals surface area contributed by atoms with Crippen LogP contribution in [-0.4, -0.2) is 0 Å². The Morgan fingerprint density at radius 3 is 2.63 bits per heavy atom. The largest absolute Gasteiger partial charge is 0.271 e. The molecule has 0 heterocycles. The predicted molar refractivity (Wildman–Crippen MR) is 76.1 cm³/mol. The zero-order valence-corrected chi connectivity index (χ0v) is 11.3. The summed E-state index contributed by atoms with van der Waals surface area (Å²) < 4.78 is 14.2. The first-order valence-electron chi connectivity index (χ1n) is 6.47. The molecule has 0 radical (unpaired) electrons. The summed E-state index contributed by atoms with van der Waals surface area (Å²) in [5, 5.41) is 0. The highest BCUT2D eigenvalue weighted by molar-refractivity contribution is 5.36. The van der Waals surface area contributed by atoms with Gasteiger partial charge < -0.3 is 0 Å². The first-order chi connectivity index (χ1) is 9.17. The van der Waals surface area contributed by atoms with Crippen LogP contribution in [0.3, 0.4) is 0 Å². The van der Waals surface area contributed by atoms with Crippen molar-refractivity contribution in [2.75, 3.05) is 0 Å². The van der Waals surface area contributed by atoms with Crippen LogP contribution in [0.15, 0.2) is 42.5 Å². The number of halogens is 1. The first-order valence-corrected chi connectivity index (χ1v) is 6.47. The topological polar surface area (TPSA) is 38.0 Å². The molecule has 0 aliphatic carbocycles. The number of nitrogens with one attached hydrogen (secondary N) is 1. The third-order valence-corrected chi connectivity index (χ3v) is 3.39. The van der Waals surface area contributed by atoms with Crippen LogP contribution >= 0.6 is 0 Å². The van der Waals surface area contributed by atoms with Crippen LogP contribution in [0, 0.1) is 12.7 Å². The number of nitrogens with two attached hydrogens (primary N) is 1. The van der Waals surface area contributed by atoms with Crippen LogP contribution in [0.1, 0.15) is 35.2 Å². The lowest BCUT2D eigenvalue weighted by Gasteiger charge is -2.19. The summed E-state index contributed by atoms with van der Waals surface area (Å²) in [7, 11) is 0. The zero-order valence-electron chi connectivity index (χ0n) is 11.3. The van der Waals surface area contributed by atoms with Gasteiger partial charge in [0.15, 0.2) is 0 Å². The standard InChI is InChI=1S/C16H19FN2/c1-3-12-7-5-8-13(10-12)16(19-18)14-9-4-6-11(2)15(14)17/h4-10,16,19H,3,18H2,1-2H3. The monoisotopic (exact) mass is 258 g/mol. The van der Waals surface area contributed by atoms with Gasteiger partial charge in [0.25, 0.3) is 0 Å². The number of aryl methyl sites for hydroxylation is 2. The van der Waals surface area contributed by atoms with Crippen LogP contribution in [0.5, 0.6) is 0 Å². The van der Waals surface area contributed by atoms with E-state index in [1.165, 1.54) is 5.56 Å². The molecule has 3 heteroatoms. The quantitative estimate of drug-likeness (QED) is 0.652. The van der Waals surface area contributed by atoms with Crippen molar-refractivity contribution in [2.45, 2.75) is 26.3 Å². The summed E-state index contributed by atoms with van der Waals surface area (Å²) >= 11 is 0. The summed E-state index contributed by atoms with van der Waals surface area (Å²) in [5.74, 6) is 5.43. The van der Waals surface area contributed by atoms with Gasteiger partial charge in [0.05, 0.1) is 6.04 Å². The number of benzene rings is 2. The highest BCUT2D eigenvalue weighted by Crippen LogP contribution is 2.26. The number of hydrogen-bond acceptors (Lipinski definition) is 2. The second-order valence-electron chi connectivity index (χ2n) is 4.68. The van der Waals surface area contributed by atoms with Gasteiger partial charge in [-0.15, -0.1) is 0 Å². The molecule has 0 spiro atoms. The fourth-order valence-electron chi connectivity index (χ4n) is 2.25. The Labute approximate surface area is 113 Å². The molecule has 3 N–H and O–H groups in total. The summed E-state index contributed by atoms with van der Waals surface area (Å²) in [4.78, 5) is 0. The summed E-state index contributed by atoms with van der Waals surface area (Å²) in [6, 6.07) is 13.1. The minimum Gasteiger partial charge on any atom is -0.271 e. The third kappa shape index (κ3) is 2.83. The molecule has 0 saturated heterocycles. The zero-order chi connectivity index (χ0) is 13.8. The molecule has 0 amide bonds. The molecule has 19 heavy (non-hydrogen) atoms. The van der Waals surface area contributed by atoms with E-state index in [1.54, 1.807) is 19.1 Å². The minimum atomic E-state index is -0.327. The molecule has 100 valence electrons. The fraction of sp³-hybridized carbons (Fsp3) is 0.250. The van der Waals surface area contributed by atoms with Crippen molar-refractivity contribution in [3.05, 3.63) is 70.5 Å². The maximum Gasteiger partial charge on any atom is 0.131 e. The molecule has 0 bridgehead atoms. The molecule has 0 aliphatic heterocycles. The van der Waals surface area contributed by atoms with Gasteiger partial charge in [-0.05, 0) is 30.0 Å². The Kier molecular flexibility index (Phi) is 4.30. The van der Waals surface area contributed by atoms with Crippen LogP contribution in [0.4, 0.5) is 4.39 Å². The van der Waals surface area contributed by atoms with Crippen molar-refractivity contribution < 1.29 is 4.39 Å². The number of hydrazine groups is 1. The third-order valence-electron chi connectivity index (χ3n) is 3.39. The Morgan fingerprint density at radius 2 is 1.95 bits per heavy atom. The molecule has 1 atom stereocenters. The molecular formula is C16H19FN2. The molecule has 0 aromatic heterocycles. The molecule has 1 unspecified atom stereocenters. The van der Waals surface area contributed by atoms with Gasteiger partial charge in [0.1, 0.15) is 5.82 Å². The molecule has 0 saturated carbocycles. The summed E-state index contributed by atoms with van der Waals surface area (Å²) in [6.45, 7) is 3.85. The Balaban J connectivity index is 2.46. The lowest BCUT2D eigenvalue weighted by Crippen LogP contribution is -2.29. The molecule has 2 nitrogen and oxygen atoms in total. The van der Waals surface area contributed by atoms with E-state index in [2.05, 4.69) is 24.5 Å². The van der Waals surface area contributed by atoms with Crippen LogP contribution in [0.2, 0.25) is 0 Å². The van der Waals surface area contributed by atoms with Gasteiger partial charge in [-0.1, -0.05) is 49.4 Å². The normalized spacial score (nSPS) is 12.4.